The summed E-state index contributed by atoms with van der Waals surface area (Å²) in [7, 11) is 1.65. The quantitative estimate of drug-likeness (QED) is 0.717. The summed E-state index contributed by atoms with van der Waals surface area (Å²) >= 11 is 0. The first-order valence-corrected chi connectivity index (χ1v) is 7.94. The molecule has 0 atom stereocenters. The lowest BCUT2D eigenvalue weighted by atomic mass is 10.2. The Labute approximate surface area is 146 Å². The molecule has 1 aromatic heterocycles. The molecule has 5 nitrogen and oxygen atoms in total. The minimum Gasteiger partial charge on any atom is -0.496 e. The molecule has 3 aromatic rings. The number of para-hydroxylation sites is 2. The van der Waals surface area contributed by atoms with Crippen LogP contribution in [0.3, 0.4) is 0 Å². The number of anilines is 2. The third kappa shape index (κ3) is 4.35. The van der Waals surface area contributed by atoms with Crippen molar-refractivity contribution in [3.05, 3.63) is 84.2 Å². The molecule has 0 spiro atoms. The number of carbonyl (C=O) groups is 1. The SMILES string of the molecule is COc1ccccc1CNc1ccc(C(=O)Nc2ccccc2)nc1. The molecule has 0 fully saturated rings. The fraction of sp³-hybridized carbons (Fsp3) is 0.100. The third-order valence-electron chi connectivity index (χ3n) is 3.70. The molecule has 0 saturated carbocycles. The molecular formula is C20H19N3O2. The molecule has 5 heteroatoms. The van der Waals surface area contributed by atoms with E-state index in [-0.39, 0.29) is 5.91 Å². The maximum absolute atomic E-state index is 12.2. The molecule has 0 aliphatic carbocycles. The molecular weight excluding hydrogens is 314 g/mol. The molecule has 3 rings (SSSR count). The second-order valence-electron chi connectivity index (χ2n) is 5.42. The number of carbonyl (C=O) groups excluding carboxylic acids is 1. The van der Waals surface area contributed by atoms with Crippen molar-refractivity contribution < 1.29 is 9.53 Å². The highest BCUT2D eigenvalue weighted by Gasteiger charge is 2.08. The van der Waals surface area contributed by atoms with E-state index in [9.17, 15) is 4.79 Å². The first-order valence-electron chi connectivity index (χ1n) is 7.94. The van der Waals surface area contributed by atoms with E-state index in [2.05, 4.69) is 15.6 Å². The third-order valence-corrected chi connectivity index (χ3v) is 3.70. The van der Waals surface area contributed by atoms with Crippen LogP contribution in [0, 0.1) is 0 Å². The molecule has 0 radical (unpaired) electrons. The van der Waals surface area contributed by atoms with Crippen LogP contribution in [0.1, 0.15) is 16.1 Å². The Morgan fingerprint density at radius 1 is 0.960 bits per heavy atom. The minimum absolute atomic E-state index is 0.234. The van der Waals surface area contributed by atoms with Crippen molar-refractivity contribution in [3.8, 4) is 5.75 Å². The van der Waals surface area contributed by atoms with Crippen molar-refractivity contribution in [3.63, 3.8) is 0 Å². The summed E-state index contributed by atoms with van der Waals surface area (Å²) < 4.78 is 5.33. The molecule has 1 heterocycles. The number of nitrogens with zero attached hydrogens (tertiary/aromatic N) is 1. The molecule has 0 unspecified atom stereocenters. The maximum atomic E-state index is 12.2. The van der Waals surface area contributed by atoms with E-state index < -0.39 is 0 Å². The second-order valence-corrected chi connectivity index (χ2v) is 5.42. The monoisotopic (exact) mass is 333 g/mol. The van der Waals surface area contributed by atoms with E-state index in [1.165, 1.54) is 0 Å². The van der Waals surface area contributed by atoms with Gasteiger partial charge in [0.05, 0.1) is 19.0 Å². The number of hydrogen-bond acceptors (Lipinski definition) is 4. The van der Waals surface area contributed by atoms with E-state index in [1.807, 2.05) is 60.7 Å². The van der Waals surface area contributed by atoms with Gasteiger partial charge in [0.2, 0.25) is 0 Å². The maximum Gasteiger partial charge on any atom is 0.274 e. The molecule has 0 aliphatic heterocycles. The van der Waals surface area contributed by atoms with Gasteiger partial charge in [-0.05, 0) is 30.3 Å². The summed E-state index contributed by atoms with van der Waals surface area (Å²) in [6, 6.07) is 20.7. The smallest absolute Gasteiger partial charge is 0.274 e. The van der Waals surface area contributed by atoms with E-state index >= 15 is 0 Å². The molecule has 126 valence electrons. The molecule has 0 bridgehead atoms. The lowest BCUT2D eigenvalue weighted by Gasteiger charge is -2.10. The van der Waals surface area contributed by atoms with Crippen molar-refractivity contribution in [2.24, 2.45) is 0 Å². The molecule has 0 aliphatic rings. The zero-order chi connectivity index (χ0) is 17.5. The summed E-state index contributed by atoms with van der Waals surface area (Å²) in [5.74, 6) is 0.601. The highest BCUT2D eigenvalue weighted by molar-refractivity contribution is 6.02. The number of nitrogens with one attached hydrogen (secondary N) is 2. The average molecular weight is 333 g/mol. The number of amides is 1. The Balaban J connectivity index is 1.61. The van der Waals surface area contributed by atoms with E-state index in [4.69, 9.17) is 4.74 Å². The zero-order valence-electron chi connectivity index (χ0n) is 13.9. The fourth-order valence-corrected chi connectivity index (χ4v) is 2.40. The van der Waals surface area contributed by atoms with E-state index in [0.717, 1.165) is 22.7 Å². The normalized spacial score (nSPS) is 10.1. The van der Waals surface area contributed by atoms with Gasteiger partial charge in [-0.25, -0.2) is 4.98 Å². The number of pyridine rings is 1. The van der Waals surface area contributed by atoms with Gasteiger partial charge in [-0.1, -0.05) is 36.4 Å². The predicted molar refractivity (Wildman–Crippen MR) is 99.0 cm³/mol. The summed E-state index contributed by atoms with van der Waals surface area (Å²) in [5, 5.41) is 6.09. The standard InChI is InChI=1S/C20H19N3O2/c1-25-19-10-6-5-7-15(19)13-21-17-11-12-18(22-14-17)20(24)23-16-8-3-2-4-9-16/h2-12,14,21H,13H2,1H3,(H,23,24). The van der Waals surface area contributed by atoms with Crippen LogP contribution in [0.4, 0.5) is 11.4 Å². The molecule has 1 amide bonds. The van der Waals surface area contributed by atoms with Crippen LogP contribution in [0.2, 0.25) is 0 Å². The highest BCUT2D eigenvalue weighted by Crippen LogP contribution is 2.19. The summed E-state index contributed by atoms with van der Waals surface area (Å²) in [6.07, 6.45) is 1.65. The Kier molecular flexibility index (Phi) is 5.26. The van der Waals surface area contributed by atoms with Crippen LogP contribution in [-0.2, 0) is 6.54 Å². The van der Waals surface area contributed by atoms with Crippen LogP contribution >= 0.6 is 0 Å². The van der Waals surface area contributed by atoms with E-state index in [0.29, 0.717) is 12.2 Å². The van der Waals surface area contributed by atoms with Crippen LogP contribution in [0.15, 0.2) is 72.9 Å². The molecule has 25 heavy (non-hydrogen) atoms. The lowest BCUT2D eigenvalue weighted by Crippen LogP contribution is -2.13. The van der Waals surface area contributed by atoms with Gasteiger partial charge in [0.1, 0.15) is 11.4 Å². The Bertz CT molecular complexity index is 833. The number of aromatic nitrogens is 1. The number of benzene rings is 2. The summed E-state index contributed by atoms with van der Waals surface area (Å²) in [5.41, 5.74) is 3.00. The Morgan fingerprint density at radius 3 is 2.44 bits per heavy atom. The van der Waals surface area contributed by atoms with Gasteiger partial charge in [0.15, 0.2) is 0 Å². The predicted octanol–water partition coefficient (Wildman–Crippen LogP) is 3.95. The molecule has 2 N–H and O–H groups in total. The van der Waals surface area contributed by atoms with Crippen LogP contribution < -0.4 is 15.4 Å². The van der Waals surface area contributed by atoms with Gasteiger partial charge in [0, 0.05) is 17.8 Å². The van der Waals surface area contributed by atoms with Crippen LogP contribution in [-0.4, -0.2) is 18.0 Å². The van der Waals surface area contributed by atoms with Crippen molar-refractivity contribution in [2.75, 3.05) is 17.7 Å². The van der Waals surface area contributed by atoms with Crippen LogP contribution in [0.25, 0.3) is 0 Å². The Hall–Kier alpha value is -3.34. The fourth-order valence-electron chi connectivity index (χ4n) is 2.40. The number of methoxy groups -OCH3 is 1. The second kappa shape index (κ2) is 7.97. The van der Waals surface area contributed by atoms with Gasteiger partial charge in [0.25, 0.3) is 5.91 Å². The van der Waals surface area contributed by atoms with Crippen molar-refractivity contribution in [1.29, 1.82) is 0 Å². The van der Waals surface area contributed by atoms with Gasteiger partial charge in [-0.15, -0.1) is 0 Å². The van der Waals surface area contributed by atoms with Gasteiger partial charge in [-0.2, -0.15) is 0 Å². The Morgan fingerprint density at radius 2 is 1.72 bits per heavy atom. The minimum atomic E-state index is -0.234. The first-order chi connectivity index (χ1) is 12.3. The van der Waals surface area contributed by atoms with Gasteiger partial charge >= 0.3 is 0 Å². The molecule has 0 saturated heterocycles. The summed E-state index contributed by atoms with van der Waals surface area (Å²) in [6.45, 7) is 0.612. The van der Waals surface area contributed by atoms with E-state index in [1.54, 1.807) is 19.4 Å². The van der Waals surface area contributed by atoms with Crippen molar-refractivity contribution in [2.45, 2.75) is 6.54 Å². The van der Waals surface area contributed by atoms with Gasteiger partial charge < -0.3 is 15.4 Å². The highest BCUT2D eigenvalue weighted by atomic mass is 16.5. The summed E-state index contributed by atoms with van der Waals surface area (Å²) in [4.78, 5) is 16.4. The van der Waals surface area contributed by atoms with Crippen molar-refractivity contribution in [1.82, 2.24) is 4.98 Å². The van der Waals surface area contributed by atoms with Gasteiger partial charge in [-0.3, -0.25) is 4.79 Å². The molecule has 2 aromatic carbocycles. The number of hydrogen-bond donors (Lipinski definition) is 2. The van der Waals surface area contributed by atoms with Crippen LogP contribution in [0.5, 0.6) is 5.75 Å². The lowest BCUT2D eigenvalue weighted by molar-refractivity contribution is 0.102. The van der Waals surface area contributed by atoms with Crippen molar-refractivity contribution >= 4 is 17.3 Å². The first kappa shape index (κ1) is 16.5. The zero-order valence-corrected chi connectivity index (χ0v) is 13.9. The number of ether oxygens (including phenoxy) is 1. The average Bonchev–Trinajstić information content (AvgIpc) is 2.67. The number of rotatable bonds is 6. The topological polar surface area (TPSA) is 63.2 Å². The largest absolute Gasteiger partial charge is 0.496 e.